The molecular formula is C17H21F2N3O2. The second-order valence-corrected chi connectivity index (χ2v) is 6.24. The van der Waals surface area contributed by atoms with Gasteiger partial charge in [0.2, 0.25) is 5.91 Å². The molecular weight excluding hydrogens is 316 g/mol. The van der Waals surface area contributed by atoms with E-state index >= 15 is 0 Å². The van der Waals surface area contributed by atoms with E-state index in [0.29, 0.717) is 32.2 Å². The summed E-state index contributed by atoms with van der Waals surface area (Å²) >= 11 is 0. The summed E-state index contributed by atoms with van der Waals surface area (Å²) in [6, 6.07) is 2.82. The fraction of sp³-hybridized carbons (Fsp3) is 0.529. The molecule has 2 aliphatic heterocycles. The topological polar surface area (TPSA) is 52.7 Å². The van der Waals surface area contributed by atoms with E-state index in [2.05, 4.69) is 5.32 Å². The molecule has 1 atom stereocenters. The molecule has 1 aromatic carbocycles. The molecule has 7 heteroatoms. The molecule has 1 unspecified atom stereocenters. The summed E-state index contributed by atoms with van der Waals surface area (Å²) in [5, 5.41) is 3.23. The van der Waals surface area contributed by atoms with Crippen LogP contribution < -0.4 is 5.32 Å². The third-order valence-electron chi connectivity index (χ3n) is 4.65. The number of halogens is 2. The first-order valence-corrected chi connectivity index (χ1v) is 8.33. The van der Waals surface area contributed by atoms with Gasteiger partial charge in [0, 0.05) is 32.2 Å². The van der Waals surface area contributed by atoms with Crippen LogP contribution in [0.25, 0.3) is 0 Å². The SMILES string of the molecule is O=C(c1ccc(F)cc1F)N1CCN(C(=O)C2CCCCN2)CC1. The predicted molar refractivity (Wildman–Crippen MR) is 84.5 cm³/mol. The first kappa shape index (κ1) is 16.8. The van der Waals surface area contributed by atoms with Gasteiger partial charge in [0.15, 0.2) is 0 Å². The Morgan fingerprint density at radius 3 is 2.38 bits per heavy atom. The molecule has 1 aromatic rings. The number of hydrogen-bond acceptors (Lipinski definition) is 3. The van der Waals surface area contributed by atoms with Crippen molar-refractivity contribution in [3.8, 4) is 0 Å². The van der Waals surface area contributed by atoms with Crippen LogP contribution in [0, 0.1) is 11.6 Å². The number of piperidine rings is 1. The molecule has 0 saturated carbocycles. The molecule has 1 N–H and O–H groups in total. The van der Waals surface area contributed by atoms with Crippen molar-refractivity contribution < 1.29 is 18.4 Å². The zero-order valence-corrected chi connectivity index (χ0v) is 13.4. The molecule has 5 nitrogen and oxygen atoms in total. The molecule has 3 rings (SSSR count). The van der Waals surface area contributed by atoms with Gasteiger partial charge in [-0.1, -0.05) is 6.42 Å². The van der Waals surface area contributed by atoms with Crippen molar-refractivity contribution in [1.82, 2.24) is 15.1 Å². The van der Waals surface area contributed by atoms with E-state index in [4.69, 9.17) is 0 Å². The van der Waals surface area contributed by atoms with Crippen LogP contribution in [0.4, 0.5) is 8.78 Å². The first-order valence-electron chi connectivity index (χ1n) is 8.33. The highest BCUT2D eigenvalue weighted by atomic mass is 19.1. The molecule has 0 radical (unpaired) electrons. The van der Waals surface area contributed by atoms with Crippen LogP contribution in [0.1, 0.15) is 29.6 Å². The van der Waals surface area contributed by atoms with Gasteiger partial charge in [0.25, 0.3) is 5.91 Å². The first-order chi connectivity index (χ1) is 11.6. The van der Waals surface area contributed by atoms with Crippen molar-refractivity contribution in [2.24, 2.45) is 0 Å². The number of nitrogens with zero attached hydrogens (tertiary/aromatic N) is 2. The van der Waals surface area contributed by atoms with Crippen molar-refractivity contribution >= 4 is 11.8 Å². The molecule has 0 bridgehead atoms. The normalized spacial score (nSPS) is 21.7. The number of rotatable bonds is 2. The van der Waals surface area contributed by atoms with E-state index in [1.54, 1.807) is 4.90 Å². The van der Waals surface area contributed by atoms with E-state index < -0.39 is 17.5 Å². The van der Waals surface area contributed by atoms with Crippen LogP contribution >= 0.6 is 0 Å². The average Bonchev–Trinajstić information content (AvgIpc) is 2.61. The lowest BCUT2D eigenvalue weighted by atomic mass is 10.0. The van der Waals surface area contributed by atoms with Gasteiger partial charge in [0.1, 0.15) is 11.6 Å². The zero-order chi connectivity index (χ0) is 17.1. The summed E-state index contributed by atoms with van der Waals surface area (Å²) < 4.78 is 26.7. The maximum Gasteiger partial charge on any atom is 0.256 e. The molecule has 2 heterocycles. The Labute approximate surface area is 139 Å². The number of carbonyl (C=O) groups excluding carboxylic acids is 2. The van der Waals surface area contributed by atoms with Crippen molar-refractivity contribution in [1.29, 1.82) is 0 Å². The summed E-state index contributed by atoms with van der Waals surface area (Å²) in [5.41, 5.74) is -0.134. The molecule has 0 aromatic heterocycles. The highest BCUT2D eigenvalue weighted by Gasteiger charge is 2.30. The van der Waals surface area contributed by atoms with Gasteiger partial charge >= 0.3 is 0 Å². The lowest BCUT2D eigenvalue weighted by Crippen LogP contribution is -2.55. The van der Waals surface area contributed by atoms with Crippen LogP contribution in [0.2, 0.25) is 0 Å². The van der Waals surface area contributed by atoms with Crippen molar-refractivity contribution in [2.75, 3.05) is 32.7 Å². The van der Waals surface area contributed by atoms with Crippen molar-refractivity contribution in [3.63, 3.8) is 0 Å². The van der Waals surface area contributed by atoms with Crippen LogP contribution in [-0.2, 0) is 4.79 Å². The third-order valence-corrected chi connectivity index (χ3v) is 4.65. The summed E-state index contributed by atoms with van der Waals surface area (Å²) in [5.74, 6) is -1.95. The standard InChI is InChI=1S/C17H21F2N3O2/c18-12-4-5-13(14(19)11-12)16(23)21-7-9-22(10-8-21)17(24)15-3-1-2-6-20-15/h4-5,11,15,20H,1-3,6-10H2. The van der Waals surface area contributed by atoms with Gasteiger partial charge in [-0.05, 0) is 31.5 Å². The highest BCUT2D eigenvalue weighted by molar-refractivity contribution is 5.94. The monoisotopic (exact) mass is 337 g/mol. The molecule has 24 heavy (non-hydrogen) atoms. The van der Waals surface area contributed by atoms with Gasteiger partial charge in [-0.3, -0.25) is 9.59 Å². The van der Waals surface area contributed by atoms with E-state index in [1.807, 2.05) is 0 Å². The van der Waals surface area contributed by atoms with Gasteiger partial charge < -0.3 is 15.1 Å². The Bertz CT molecular complexity index is 624. The molecule has 2 amide bonds. The van der Waals surface area contributed by atoms with E-state index in [9.17, 15) is 18.4 Å². The Morgan fingerprint density at radius 2 is 1.75 bits per heavy atom. The Morgan fingerprint density at radius 1 is 1.04 bits per heavy atom. The van der Waals surface area contributed by atoms with Gasteiger partial charge in [-0.2, -0.15) is 0 Å². The van der Waals surface area contributed by atoms with Crippen LogP contribution in [-0.4, -0.2) is 60.4 Å². The average molecular weight is 337 g/mol. The molecule has 0 spiro atoms. The minimum Gasteiger partial charge on any atom is -0.338 e. The van der Waals surface area contributed by atoms with Crippen LogP contribution in [0.5, 0.6) is 0 Å². The zero-order valence-electron chi connectivity index (χ0n) is 13.4. The van der Waals surface area contributed by atoms with Crippen LogP contribution in [0.15, 0.2) is 18.2 Å². The van der Waals surface area contributed by atoms with Gasteiger partial charge in [0.05, 0.1) is 11.6 Å². The lowest BCUT2D eigenvalue weighted by molar-refractivity contribution is -0.135. The second kappa shape index (κ2) is 7.25. The summed E-state index contributed by atoms with van der Waals surface area (Å²) in [7, 11) is 0. The highest BCUT2D eigenvalue weighted by Crippen LogP contribution is 2.16. The number of amides is 2. The molecule has 130 valence electrons. The summed E-state index contributed by atoms with van der Waals surface area (Å²) in [6.07, 6.45) is 2.99. The number of nitrogens with one attached hydrogen (secondary N) is 1. The molecule has 2 saturated heterocycles. The number of benzene rings is 1. The third kappa shape index (κ3) is 3.56. The Hall–Kier alpha value is -2.02. The van der Waals surface area contributed by atoms with Crippen LogP contribution in [0.3, 0.4) is 0 Å². The maximum absolute atomic E-state index is 13.7. The minimum atomic E-state index is -0.857. The predicted octanol–water partition coefficient (Wildman–Crippen LogP) is 1.39. The smallest absolute Gasteiger partial charge is 0.256 e. The quantitative estimate of drug-likeness (QED) is 0.887. The number of carbonyl (C=O) groups is 2. The molecule has 2 aliphatic rings. The summed E-state index contributed by atoms with van der Waals surface area (Å²) in [6.45, 7) is 2.44. The van der Waals surface area contributed by atoms with Gasteiger partial charge in [-0.25, -0.2) is 8.78 Å². The van der Waals surface area contributed by atoms with Crippen molar-refractivity contribution in [2.45, 2.75) is 25.3 Å². The lowest BCUT2D eigenvalue weighted by Gasteiger charge is -2.37. The minimum absolute atomic E-state index is 0.0785. The van der Waals surface area contributed by atoms with E-state index in [0.717, 1.165) is 37.9 Å². The molecule has 2 fully saturated rings. The summed E-state index contributed by atoms with van der Waals surface area (Å²) in [4.78, 5) is 28.1. The maximum atomic E-state index is 13.7. The Balaban J connectivity index is 1.58. The molecule has 0 aliphatic carbocycles. The fourth-order valence-corrected chi connectivity index (χ4v) is 3.25. The fourth-order valence-electron chi connectivity index (χ4n) is 3.25. The number of hydrogen-bond donors (Lipinski definition) is 1. The van der Waals surface area contributed by atoms with Gasteiger partial charge in [-0.15, -0.1) is 0 Å². The Kier molecular flexibility index (Phi) is 5.08. The number of piperazine rings is 1. The largest absolute Gasteiger partial charge is 0.338 e. The second-order valence-electron chi connectivity index (χ2n) is 6.24. The van der Waals surface area contributed by atoms with E-state index in [-0.39, 0.29) is 17.5 Å². The van der Waals surface area contributed by atoms with Crippen molar-refractivity contribution in [3.05, 3.63) is 35.4 Å². The van der Waals surface area contributed by atoms with E-state index in [1.165, 1.54) is 4.90 Å².